The van der Waals surface area contributed by atoms with Gasteiger partial charge in [0.1, 0.15) is 5.76 Å². The van der Waals surface area contributed by atoms with Crippen LogP contribution in [0.5, 0.6) is 0 Å². The van der Waals surface area contributed by atoms with Crippen molar-refractivity contribution >= 4 is 0 Å². The lowest BCUT2D eigenvalue weighted by Gasteiger charge is -2.26. The van der Waals surface area contributed by atoms with Crippen LogP contribution in [0.1, 0.15) is 37.1 Å². The number of rotatable bonds is 5. The highest BCUT2D eigenvalue weighted by atomic mass is 16.4. The largest absolute Gasteiger partial charge is 0.444 e. The van der Waals surface area contributed by atoms with Crippen LogP contribution in [0.3, 0.4) is 0 Å². The summed E-state index contributed by atoms with van der Waals surface area (Å²) in [6.07, 6.45) is 2.41. The molecule has 0 bridgehead atoms. The van der Waals surface area contributed by atoms with E-state index in [-0.39, 0.29) is 0 Å². The van der Waals surface area contributed by atoms with Gasteiger partial charge in [0, 0.05) is 12.6 Å². The summed E-state index contributed by atoms with van der Waals surface area (Å²) in [4.78, 5) is 6.97. The lowest BCUT2D eigenvalue weighted by atomic mass is 10.2. The molecular formula is C13H23N3O. The number of nitrogens with zero attached hydrogens (tertiary/aromatic N) is 2. The van der Waals surface area contributed by atoms with Crippen molar-refractivity contribution in [3.05, 3.63) is 17.3 Å². The predicted octanol–water partition coefficient (Wildman–Crippen LogP) is 1.87. The van der Waals surface area contributed by atoms with Gasteiger partial charge in [0.25, 0.3) is 0 Å². The Hall–Kier alpha value is -0.870. The van der Waals surface area contributed by atoms with E-state index in [0.29, 0.717) is 6.04 Å². The van der Waals surface area contributed by atoms with Gasteiger partial charge < -0.3 is 9.73 Å². The molecule has 0 aliphatic carbocycles. The summed E-state index contributed by atoms with van der Waals surface area (Å²) >= 11 is 0. The average Bonchev–Trinajstić information content (AvgIpc) is 2.89. The van der Waals surface area contributed by atoms with Crippen molar-refractivity contribution in [1.29, 1.82) is 0 Å². The molecule has 1 aromatic heterocycles. The molecule has 0 saturated carbocycles. The van der Waals surface area contributed by atoms with Gasteiger partial charge in [0.05, 0.1) is 12.2 Å². The van der Waals surface area contributed by atoms with Gasteiger partial charge in [-0.2, -0.15) is 0 Å². The smallest absolute Gasteiger partial charge is 0.208 e. The summed E-state index contributed by atoms with van der Waals surface area (Å²) < 4.78 is 5.68. The zero-order chi connectivity index (χ0) is 12.3. The normalized spacial score (nSPS) is 20.4. The van der Waals surface area contributed by atoms with Crippen molar-refractivity contribution in [2.45, 2.75) is 46.2 Å². The highest BCUT2D eigenvalue weighted by molar-refractivity contribution is 5.05. The van der Waals surface area contributed by atoms with Gasteiger partial charge >= 0.3 is 0 Å². The molecule has 1 fully saturated rings. The number of hydrogen-bond donors (Lipinski definition) is 1. The van der Waals surface area contributed by atoms with Crippen molar-refractivity contribution < 1.29 is 4.42 Å². The van der Waals surface area contributed by atoms with E-state index in [9.17, 15) is 0 Å². The lowest BCUT2D eigenvalue weighted by Crippen LogP contribution is -2.37. The third kappa shape index (κ3) is 3.07. The van der Waals surface area contributed by atoms with Crippen LogP contribution in [0.2, 0.25) is 0 Å². The summed E-state index contributed by atoms with van der Waals surface area (Å²) in [7, 11) is 0. The van der Waals surface area contributed by atoms with Crippen LogP contribution in [0.15, 0.2) is 4.42 Å². The molecule has 17 heavy (non-hydrogen) atoms. The van der Waals surface area contributed by atoms with E-state index in [1.54, 1.807) is 0 Å². The van der Waals surface area contributed by atoms with Crippen molar-refractivity contribution in [2.75, 3.05) is 19.6 Å². The molecular weight excluding hydrogens is 214 g/mol. The van der Waals surface area contributed by atoms with Crippen molar-refractivity contribution in [1.82, 2.24) is 15.2 Å². The van der Waals surface area contributed by atoms with E-state index in [1.165, 1.54) is 12.8 Å². The van der Waals surface area contributed by atoms with E-state index in [4.69, 9.17) is 4.42 Å². The molecule has 1 unspecified atom stereocenters. The second-order valence-corrected chi connectivity index (χ2v) is 4.87. The zero-order valence-electron chi connectivity index (χ0n) is 11.1. The Labute approximate surface area is 103 Å². The number of nitrogens with one attached hydrogen (secondary N) is 1. The third-order valence-electron chi connectivity index (χ3n) is 3.47. The Balaban J connectivity index is 2.01. The average molecular weight is 237 g/mol. The molecule has 1 aliphatic rings. The molecule has 1 N–H and O–H groups in total. The Morgan fingerprint density at radius 1 is 1.47 bits per heavy atom. The number of aromatic nitrogens is 1. The summed E-state index contributed by atoms with van der Waals surface area (Å²) in [6.45, 7) is 10.4. The van der Waals surface area contributed by atoms with Crippen LogP contribution in [0.25, 0.3) is 0 Å². The van der Waals surface area contributed by atoms with Gasteiger partial charge in [-0.05, 0) is 39.8 Å². The minimum absolute atomic E-state index is 0.641. The quantitative estimate of drug-likeness (QED) is 0.849. The fourth-order valence-corrected chi connectivity index (χ4v) is 2.41. The molecule has 0 amide bonds. The van der Waals surface area contributed by atoms with Gasteiger partial charge in [-0.1, -0.05) is 6.92 Å². The van der Waals surface area contributed by atoms with Gasteiger partial charge in [-0.25, -0.2) is 4.98 Å². The first-order valence-corrected chi connectivity index (χ1v) is 6.58. The van der Waals surface area contributed by atoms with Gasteiger partial charge in [0.2, 0.25) is 5.89 Å². The summed E-state index contributed by atoms with van der Waals surface area (Å²) in [6, 6.07) is 0.641. The van der Waals surface area contributed by atoms with Crippen LogP contribution in [-0.2, 0) is 6.54 Å². The van der Waals surface area contributed by atoms with Gasteiger partial charge in [-0.3, -0.25) is 4.90 Å². The van der Waals surface area contributed by atoms with E-state index in [0.717, 1.165) is 43.5 Å². The Morgan fingerprint density at radius 3 is 2.82 bits per heavy atom. The van der Waals surface area contributed by atoms with Gasteiger partial charge in [-0.15, -0.1) is 0 Å². The Bertz CT molecular complexity index is 336. The van der Waals surface area contributed by atoms with Gasteiger partial charge in [0.15, 0.2) is 0 Å². The molecule has 1 aliphatic heterocycles. The molecule has 1 atom stereocenters. The molecule has 96 valence electrons. The molecule has 1 aromatic rings. The minimum atomic E-state index is 0.641. The van der Waals surface area contributed by atoms with Crippen LogP contribution in [0, 0.1) is 13.8 Å². The minimum Gasteiger partial charge on any atom is -0.444 e. The summed E-state index contributed by atoms with van der Waals surface area (Å²) in [5.41, 5.74) is 1.01. The first kappa shape index (κ1) is 12.6. The monoisotopic (exact) mass is 237 g/mol. The van der Waals surface area contributed by atoms with Crippen LogP contribution >= 0.6 is 0 Å². The van der Waals surface area contributed by atoms with Crippen LogP contribution < -0.4 is 5.32 Å². The first-order valence-electron chi connectivity index (χ1n) is 6.58. The Kier molecular flexibility index (Phi) is 4.18. The predicted molar refractivity (Wildman–Crippen MR) is 68.0 cm³/mol. The van der Waals surface area contributed by atoms with Crippen molar-refractivity contribution in [2.24, 2.45) is 0 Å². The van der Waals surface area contributed by atoms with E-state index in [2.05, 4.69) is 22.1 Å². The maximum absolute atomic E-state index is 5.68. The van der Waals surface area contributed by atoms with E-state index >= 15 is 0 Å². The third-order valence-corrected chi connectivity index (χ3v) is 3.47. The molecule has 2 heterocycles. The number of oxazole rings is 1. The second-order valence-electron chi connectivity index (χ2n) is 4.87. The maximum Gasteiger partial charge on any atom is 0.208 e. The van der Waals surface area contributed by atoms with Crippen LogP contribution in [0.4, 0.5) is 0 Å². The highest BCUT2D eigenvalue weighted by Gasteiger charge is 2.23. The standard InChI is InChI=1S/C13H23N3O/c1-4-7-16(12-5-6-14-8-12)9-13-15-10(2)11(3)17-13/h12,14H,4-9H2,1-3H3. The fraction of sp³-hybridized carbons (Fsp3) is 0.769. The van der Waals surface area contributed by atoms with Crippen molar-refractivity contribution in [3.8, 4) is 0 Å². The lowest BCUT2D eigenvalue weighted by molar-refractivity contribution is 0.180. The highest BCUT2D eigenvalue weighted by Crippen LogP contribution is 2.15. The topological polar surface area (TPSA) is 41.3 Å². The Morgan fingerprint density at radius 2 is 2.29 bits per heavy atom. The molecule has 4 heteroatoms. The molecule has 0 spiro atoms. The van der Waals surface area contributed by atoms with Crippen LogP contribution in [-0.4, -0.2) is 35.6 Å². The molecule has 4 nitrogen and oxygen atoms in total. The number of aryl methyl sites for hydroxylation is 2. The summed E-state index contributed by atoms with van der Waals surface area (Å²) in [5.74, 6) is 1.81. The zero-order valence-corrected chi connectivity index (χ0v) is 11.1. The summed E-state index contributed by atoms with van der Waals surface area (Å²) in [5, 5.41) is 3.42. The number of hydrogen-bond acceptors (Lipinski definition) is 4. The van der Waals surface area contributed by atoms with Crippen molar-refractivity contribution in [3.63, 3.8) is 0 Å². The second kappa shape index (κ2) is 5.65. The van der Waals surface area contributed by atoms with E-state index in [1.807, 2.05) is 13.8 Å². The molecule has 2 rings (SSSR count). The van der Waals surface area contributed by atoms with E-state index < -0.39 is 0 Å². The first-order chi connectivity index (χ1) is 8.20. The molecule has 1 saturated heterocycles. The maximum atomic E-state index is 5.68. The molecule has 0 radical (unpaired) electrons. The molecule has 0 aromatic carbocycles. The fourth-order valence-electron chi connectivity index (χ4n) is 2.41. The SMILES string of the molecule is CCCN(Cc1nc(C)c(C)o1)C1CCNC1.